The van der Waals surface area contributed by atoms with E-state index in [1.165, 1.54) is 16.7 Å². The lowest BCUT2D eigenvalue weighted by molar-refractivity contribution is 0.0994. The lowest BCUT2D eigenvalue weighted by Crippen LogP contribution is -2.43. The lowest BCUT2D eigenvalue weighted by Gasteiger charge is -2.26. The predicted octanol–water partition coefficient (Wildman–Crippen LogP) is 3.59. The number of hydrogen-bond acceptors (Lipinski definition) is 5. The van der Waals surface area contributed by atoms with Gasteiger partial charge in [-0.2, -0.15) is 5.10 Å². The molecule has 4 aromatic rings. The standard InChI is InChI=1S/C29H32N6O/c1-2-23-19-35(33-28(23)29(30)36)27-11-5-22(6-12-27)17-21-3-7-24(8-4-21)25-9-10-26(32-18-25)20-34-15-13-31-14-16-34/h3-12,18-19,31H,2,13-17,20H2,1H3,(H2,30,36). The number of aromatic nitrogens is 3. The van der Waals surface area contributed by atoms with E-state index in [1.54, 1.807) is 4.68 Å². The molecule has 0 saturated carbocycles. The second-order valence-corrected chi connectivity index (χ2v) is 9.27. The number of primary amides is 1. The molecule has 2 aromatic heterocycles. The van der Waals surface area contributed by atoms with Crippen molar-refractivity contribution in [2.24, 2.45) is 5.73 Å². The highest BCUT2D eigenvalue weighted by molar-refractivity contribution is 5.92. The van der Waals surface area contributed by atoms with Crippen molar-refractivity contribution in [2.75, 3.05) is 26.2 Å². The third-order valence-electron chi connectivity index (χ3n) is 6.72. The molecule has 0 spiro atoms. The topological polar surface area (TPSA) is 89.1 Å². The Bertz CT molecular complexity index is 1300. The molecule has 2 aromatic carbocycles. The van der Waals surface area contributed by atoms with E-state index in [2.05, 4.69) is 63.8 Å². The van der Waals surface area contributed by atoms with Crippen LogP contribution >= 0.6 is 0 Å². The summed E-state index contributed by atoms with van der Waals surface area (Å²) in [4.78, 5) is 18.8. The summed E-state index contributed by atoms with van der Waals surface area (Å²) in [5.41, 5.74) is 13.4. The molecule has 184 valence electrons. The highest BCUT2D eigenvalue weighted by Gasteiger charge is 2.13. The predicted molar refractivity (Wildman–Crippen MR) is 142 cm³/mol. The molecular formula is C29H32N6O. The molecule has 0 unspecified atom stereocenters. The van der Waals surface area contributed by atoms with Gasteiger partial charge in [-0.3, -0.25) is 14.7 Å². The van der Waals surface area contributed by atoms with Crippen molar-refractivity contribution in [3.8, 4) is 16.8 Å². The second kappa shape index (κ2) is 10.8. The first-order valence-corrected chi connectivity index (χ1v) is 12.5. The molecule has 0 bridgehead atoms. The molecule has 1 aliphatic rings. The second-order valence-electron chi connectivity index (χ2n) is 9.27. The Labute approximate surface area is 212 Å². The van der Waals surface area contributed by atoms with Gasteiger partial charge in [-0.25, -0.2) is 4.68 Å². The van der Waals surface area contributed by atoms with Gasteiger partial charge in [0.2, 0.25) is 0 Å². The first kappa shape index (κ1) is 23.9. The molecule has 1 amide bonds. The number of nitrogens with two attached hydrogens (primary N) is 1. The van der Waals surface area contributed by atoms with Gasteiger partial charge in [0, 0.05) is 56.2 Å². The van der Waals surface area contributed by atoms with E-state index >= 15 is 0 Å². The summed E-state index contributed by atoms with van der Waals surface area (Å²) in [6.07, 6.45) is 5.41. The van der Waals surface area contributed by atoms with Crippen LogP contribution in [0.15, 0.2) is 73.1 Å². The SMILES string of the molecule is CCc1cn(-c2ccc(Cc3ccc(-c4ccc(CN5CCNCC5)nc4)cc3)cc2)nc1C(N)=O. The van der Waals surface area contributed by atoms with Crippen LogP contribution in [0.1, 0.15) is 39.8 Å². The molecular weight excluding hydrogens is 448 g/mol. The van der Waals surface area contributed by atoms with Gasteiger partial charge < -0.3 is 11.1 Å². The summed E-state index contributed by atoms with van der Waals surface area (Å²) in [6, 6.07) is 21.2. The van der Waals surface area contributed by atoms with E-state index in [1.807, 2.05) is 31.5 Å². The quantitative estimate of drug-likeness (QED) is 0.402. The van der Waals surface area contributed by atoms with Crippen LogP contribution in [0.25, 0.3) is 16.8 Å². The van der Waals surface area contributed by atoms with Gasteiger partial charge in [-0.15, -0.1) is 0 Å². The van der Waals surface area contributed by atoms with Gasteiger partial charge in [-0.05, 0) is 47.7 Å². The molecule has 7 heteroatoms. The molecule has 0 atom stereocenters. The zero-order valence-corrected chi connectivity index (χ0v) is 20.7. The first-order chi connectivity index (χ1) is 17.6. The smallest absolute Gasteiger partial charge is 0.269 e. The molecule has 0 aliphatic carbocycles. The van der Waals surface area contributed by atoms with Crippen molar-refractivity contribution >= 4 is 5.91 Å². The number of nitrogens with zero attached hydrogens (tertiary/aromatic N) is 4. The number of aryl methyl sites for hydroxylation is 1. The number of benzene rings is 2. The largest absolute Gasteiger partial charge is 0.364 e. The third-order valence-corrected chi connectivity index (χ3v) is 6.72. The molecule has 1 aliphatic heterocycles. The number of carbonyl (C=O) groups is 1. The Kier molecular flexibility index (Phi) is 7.21. The molecule has 36 heavy (non-hydrogen) atoms. The van der Waals surface area contributed by atoms with E-state index in [-0.39, 0.29) is 0 Å². The highest BCUT2D eigenvalue weighted by Crippen LogP contribution is 2.21. The van der Waals surface area contributed by atoms with Crippen molar-refractivity contribution in [1.82, 2.24) is 25.0 Å². The molecule has 3 N–H and O–H groups in total. The number of nitrogens with one attached hydrogen (secondary N) is 1. The summed E-state index contributed by atoms with van der Waals surface area (Å²) >= 11 is 0. The Hall–Kier alpha value is -3.81. The number of rotatable bonds is 8. The van der Waals surface area contributed by atoms with Crippen molar-refractivity contribution in [3.05, 3.63) is 101 Å². The van der Waals surface area contributed by atoms with Gasteiger partial charge in [0.1, 0.15) is 0 Å². The fourth-order valence-electron chi connectivity index (χ4n) is 4.61. The van der Waals surface area contributed by atoms with Crippen molar-refractivity contribution < 1.29 is 4.79 Å². The summed E-state index contributed by atoms with van der Waals surface area (Å²) < 4.78 is 1.72. The van der Waals surface area contributed by atoms with E-state index in [9.17, 15) is 4.79 Å². The van der Waals surface area contributed by atoms with Gasteiger partial charge in [-0.1, -0.05) is 49.4 Å². The minimum atomic E-state index is -0.493. The zero-order valence-electron chi connectivity index (χ0n) is 20.7. The lowest BCUT2D eigenvalue weighted by atomic mass is 10.0. The number of hydrogen-bond donors (Lipinski definition) is 2. The van der Waals surface area contributed by atoms with Crippen LogP contribution in [-0.4, -0.2) is 51.8 Å². The molecule has 3 heterocycles. The molecule has 5 rings (SSSR count). The maximum atomic E-state index is 11.6. The average molecular weight is 481 g/mol. The Morgan fingerprint density at radius 3 is 2.19 bits per heavy atom. The van der Waals surface area contributed by atoms with E-state index in [4.69, 9.17) is 10.7 Å². The monoisotopic (exact) mass is 480 g/mol. The van der Waals surface area contributed by atoms with E-state index in [0.717, 1.165) is 61.7 Å². The maximum absolute atomic E-state index is 11.6. The highest BCUT2D eigenvalue weighted by atomic mass is 16.1. The molecule has 7 nitrogen and oxygen atoms in total. The molecule has 0 radical (unpaired) electrons. The maximum Gasteiger partial charge on any atom is 0.269 e. The Morgan fingerprint density at radius 2 is 1.61 bits per heavy atom. The number of amides is 1. The summed E-state index contributed by atoms with van der Waals surface area (Å²) in [5.74, 6) is -0.493. The Balaban J connectivity index is 1.22. The van der Waals surface area contributed by atoms with Crippen LogP contribution < -0.4 is 11.1 Å². The molecule has 1 saturated heterocycles. The van der Waals surface area contributed by atoms with E-state index < -0.39 is 5.91 Å². The van der Waals surface area contributed by atoms with Gasteiger partial charge in [0.15, 0.2) is 5.69 Å². The van der Waals surface area contributed by atoms with Gasteiger partial charge >= 0.3 is 0 Å². The Morgan fingerprint density at radius 1 is 0.944 bits per heavy atom. The molecule has 1 fully saturated rings. The van der Waals surface area contributed by atoms with Crippen LogP contribution in [0.4, 0.5) is 0 Å². The number of carbonyl (C=O) groups excluding carboxylic acids is 1. The van der Waals surface area contributed by atoms with Crippen LogP contribution in [-0.2, 0) is 19.4 Å². The minimum absolute atomic E-state index is 0.339. The van der Waals surface area contributed by atoms with Crippen molar-refractivity contribution in [3.63, 3.8) is 0 Å². The zero-order chi connectivity index (χ0) is 24.9. The number of piperazine rings is 1. The number of pyridine rings is 1. The van der Waals surface area contributed by atoms with Crippen LogP contribution in [0.3, 0.4) is 0 Å². The van der Waals surface area contributed by atoms with E-state index in [0.29, 0.717) is 12.1 Å². The third kappa shape index (κ3) is 5.53. The summed E-state index contributed by atoms with van der Waals surface area (Å²) in [5, 5.41) is 7.76. The first-order valence-electron chi connectivity index (χ1n) is 12.5. The van der Waals surface area contributed by atoms with Crippen molar-refractivity contribution in [1.29, 1.82) is 0 Å². The van der Waals surface area contributed by atoms with Crippen LogP contribution in [0.5, 0.6) is 0 Å². The van der Waals surface area contributed by atoms with Crippen molar-refractivity contribution in [2.45, 2.75) is 26.3 Å². The fraction of sp³-hybridized carbons (Fsp3) is 0.276. The van der Waals surface area contributed by atoms with Gasteiger partial charge in [0.05, 0.1) is 11.4 Å². The fourth-order valence-corrected chi connectivity index (χ4v) is 4.61. The average Bonchev–Trinajstić information content (AvgIpc) is 3.36. The minimum Gasteiger partial charge on any atom is -0.364 e. The summed E-state index contributed by atoms with van der Waals surface area (Å²) in [7, 11) is 0. The van der Waals surface area contributed by atoms with Crippen LogP contribution in [0.2, 0.25) is 0 Å². The van der Waals surface area contributed by atoms with Crippen LogP contribution in [0, 0.1) is 0 Å². The summed E-state index contributed by atoms with van der Waals surface area (Å²) in [6.45, 7) is 7.15. The normalized spacial score (nSPS) is 14.1. The van der Waals surface area contributed by atoms with Gasteiger partial charge in [0.25, 0.3) is 5.91 Å².